The third-order valence-electron chi connectivity index (χ3n) is 7.40. The van der Waals surface area contributed by atoms with E-state index in [4.69, 9.17) is 11.6 Å². The smallest absolute Gasteiger partial charge is 0.247 e. The molecule has 3 aromatic rings. The topological polar surface area (TPSA) is 0 Å². The van der Waals surface area contributed by atoms with Crippen molar-refractivity contribution in [1.82, 2.24) is 0 Å². The summed E-state index contributed by atoms with van der Waals surface area (Å²) in [6, 6.07) is 28.7. The van der Waals surface area contributed by atoms with Crippen LogP contribution in [-0.4, -0.2) is 8.41 Å². The van der Waals surface area contributed by atoms with Crippen LogP contribution in [0, 0.1) is 0 Å². The summed E-state index contributed by atoms with van der Waals surface area (Å²) >= 11 is 5.98. The Morgan fingerprint density at radius 2 is 1.27 bits per heavy atom. The molecule has 33 heavy (non-hydrogen) atoms. The first-order valence-corrected chi connectivity index (χ1v) is 15.5. The summed E-state index contributed by atoms with van der Waals surface area (Å²) in [5.74, 6) is 0.539. The summed E-state index contributed by atoms with van der Waals surface area (Å²) in [5, 5.41) is 0.789. The number of unbranched alkanes of at least 4 members (excludes halogenated alkanes) is 2. The summed E-state index contributed by atoms with van der Waals surface area (Å²) in [6.07, 6.45) is 7.60. The molecule has 0 radical (unpaired) electrons. The van der Waals surface area contributed by atoms with Crippen molar-refractivity contribution < 1.29 is 4.11 Å². The summed E-state index contributed by atoms with van der Waals surface area (Å²) < 4.78 is 15.2. The second kappa shape index (κ2) is 11.5. The maximum Gasteiger partial charge on any atom is 0.247 e. The van der Waals surface area contributed by atoms with Crippen molar-refractivity contribution in [2.75, 3.05) is 0 Å². The van der Waals surface area contributed by atoms with Crippen molar-refractivity contribution in [1.29, 1.82) is 0 Å². The van der Waals surface area contributed by atoms with Crippen LogP contribution in [0.2, 0.25) is 23.2 Å². The number of hydrogen-bond acceptors (Lipinski definition) is 0. The second-order valence-electron chi connectivity index (χ2n) is 9.83. The molecular weight excluding hydrogens is 443 g/mol. The van der Waals surface area contributed by atoms with Gasteiger partial charge >= 0.3 is 0 Å². The molecule has 0 amide bonds. The minimum absolute atomic E-state index is 0.539. The molecule has 4 rings (SSSR count). The largest absolute Gasteiger partial charge is 0.314 e. The summed E-state index contributed by atoms with van der Waals surface area (Å²) in [4.78, 5) is 0. The number of benzene rings is 3. The Bertz CT molecular complexity index is 987. The van der Waals surface area contributed by atoms with Crippen molar-refractivity contribution in [3.05, 3.63) is 94.5 Å². The fourth-order valence-corrected chi connectivity index (χ4v) is 8.65. The summed E-state index contributed by atoms with van der Waals surface area (Å²) in [6.45, 7) is 2.20. The molecule has 1 aliphatic heterocycles. The first kappa shape index (κ1) is 24.2. The monoisotopic (exact) mass is 478 g/mol. The van der Waals surface area contributed by atoms with E-state index in [1.165, 1.54) is 40.7 Å². The molecule has 1 aliphatic rings. The first-order chi connectivity index (χ1) is 16.0. The van der Waals surface area contributed by atoms with Gasteiger partial charge in [0.2, 0.25) is 8.41 Å². The van der Waals surface area contributed by atoms with Crippen molar-refractivity contribution in [2.24, 2.45) is 0 Å². The lowest BCUT2D eigenvalue weighted by molar-refractivity contribution is 0.550. The third kappa shape index (κ3) is 6.80. The van der Waals surface area contributed by atoms with E-state index in [2.05, 4.69) is 67.6 Å². The molecule has 1 fully saturated rings. The van der Waals surface area contributed by atoms with Gasteiger partial charge in [0.15, 0.2) is 0 Å². The zero-order valence-corrected chi connectivity index (χ0v) is 21.6. The molecule has 0 aromatic heterocycles. The van der Waals surface area contributed by atoms with Gasteiger partial charge in [-0.2, -0.15) is 0 Å². The molecule has 0 N–H and O–H groups in total. The van der Waals surface area contributed by atoms with Crippen LogP contribution < -0.4 is 0 Å². The fraction of sp³-hybridized carbons (Fsp3) is 0.400. The first-order valence-electron chi connectivity index (χ1n) is 12.7. The van der Waals surface area contributed by atoms with E-state index < -0.39 is 8.41 Å². The van der Waals surface area contributed by atoms with Gasteiger partial charge < -0.3 is 4.11 Å². The molecule has 0 atom stereocenters. The molecule has 3 heteroatoms. The lowest BCUT2D eigenvalue weighted by Crippen LogP contribution is -2.32. The van der Waals surface area contributed by atoms with Crippen LogP contribution in [-0.2, 0) is 12.8 Å². The van der Waals surface area contributed by atoms with E-state index in [1.807, 2.05) is 12.1 Å². The minimum Gasteiger partial charge on any atom is -0.314 e. The standard InChI is InChI=1S/C30H36ClFSi/c1-2-3-4-21-33(32)22-19-29(20-23-33)28-15-13-27(14-16-28)26-11-7-24(8-12-26)5-6-25-9-17-30(31)18-10-25/h7-18,29H,2-6,19-23H2,1H3/t29-,33+. The van der Waals surface area contributed by atoms with Gasteiger partial charge in [-0.25, -0.2) is 0 Å². The molecule has 0 spiro atoms. The predicted octanol–water partition coefficient (Wildman–Crippen LogP) is 9.77. The maximum atomic E-state index is 15.2. The van der Waals surface area contributed by atoms with Gasteiger partial charge in [-0.1, -0.05) is 98.5 Å². The van der Waals surface area contributed by atoms with Crippen LogP contribution in [0.15, 0.2) is 72.8 Å². The van der Waals surface area contributed by atoms with E-state index in [0.717, 1.165) is 55.3 Å². The van der Waals surface area contributed by atoms with Crippen molar-refractivity contribution in [3.63, 3.8) is 0 Å². The highest BCUT2D eigenvalue weighted by atomic mass is 35.5. The van der Waals surface area contributed by atoms with E-state index in [-0.39, 0.29) is 0 Å². The van der Waals surface area contributed by atoms with Crippen LogP contribution in [0.25, 0.3) is 11.1 Å². The highest BCUT2D eigenvalue weighted by Crippen LogP contribution is 2.42. The van der Waals surface area contributed by atoms with E-state index in [1.54, 1.807) is 0 Å². The Labute approximate surface area is 205 Å². The Kier molecular flexibility index (Phi) is 8.43. The number of hydrogen-bond donors (Lipinski definition) is 0. The Balaban J connectivity index is 1.30. The Hall–Kier alpha value is -1.90. The Morgan fingerprint density at radius 3 is 1.82 bits per heavy atom. The molecule has 0 saturated carbocycles. The molecule has 0 bridgehead atoms. The highest BCUT2D eigenvalue weighted by Gasteiger charge is 2.38. The molecule has 174 valence electrons. The quantitative estimate of drug-likeness (QED) is 0.163. The van der Waals surface area contributed by atoms with Gasteiger partial charge in [-0.3, -0.25) is 0 Å². The summed E-state index contributed by atoms with van der Waals surface area (Å²) in [7, 11) is -2.45. The maximum absolute atomic E-state index is 15.2. The van der Waals surface area contributed by atoms with Crippen molar-refractivity contribution in [2.45, 2.75) is 75.9 Å². The lowest BCUT2D eigenvalue weighted by Gasteiger charge is -2.32. The van der Waals surface area contributed by atoms with Crippen LogP contribution in [0.5, 0.6) is 0 Å². The predicted molar refractivity (Wildman–Crippen MR) is 144 cm³/mol. The van der Waals surface area contributed by atoms with Gasteiger partial charge in [0.1, 0.15) is 0 Å². The van der Waals surface area contributed by atoms with E-state index in [9.17, 15) is 0 Å². The molecule has 1 saturated heterocycles. The zero-order valence-electron chi connectivity index (χ0n) is 19.8. The van der Waals surface area contributed by atoms with Gasteiger partial charge in [-0.15, -0.1) is 0 Å². The van der Waals surface area contributed by atoms with Crippen LogP contribution >= 0.6 is 11.6 Å². The molecule has 3 aromatic carbocycles. The summed E-state index contributed by atoms with van der Waals surface area (Å²) in [5.41, 5.74) is 6.57. The molecule has 0 aliphatic carbocycles. The van der Waals surface area contributed by atoms with E-state index >= 15 is 4.11 Å². The van der Waals surface area contributed by atoms with Crippen LogP contribution in [0.1, 0.15) is 61.6 Å². The molecule has 1 heterocycles. The second-order valence-corrected chi connectivity index (χ2v) is 14.1. The van der Waals surface area contributed by atoms with Gasteiger partial charge in [0.05, 0.1) is 0 Å². The number of halogens is 2. The van der Waals surface area contributed by atoms with Crippen LogP contribution in [0.3, 0.4) is 0 Å². The molecule has 0 unspecified atom stereocenters. The van der Waals surface area contributed by atoms with E-state index in [0.29, 0.717) is 5.92 Å². The SMILES string of the molecule is CCCCC[Si@]1(F)CC[C@@H](c2ccc(-c3ccc(CCc4ccc(Cl)cc4)cc3)cc2)CC1. The highest BCUT2D eigenvalue weighted by molar-refractivity contribution is 6.73. The normalized spacial score (nSPS) is 20.6. The fourth-order valence-electron chi connectivity index (χ4n) is 5.16. The average Bonchev–Trinajstić information content (AvgIpc) is 2.85. The number of rotatable bonds is 9. The lowest BCUT2D eigenvalue weighted by atomic mass is 9.91. The van der Waals surface area contributed by atoms with Crippen molar-refractivity contribution in [3.8, 4) is 11.1 Å². The van der Waals surface area contributed by atoms with Gasteiger partial charge in [-0.05, 0) is 89.7 Å². The Morgan fingerprint density at radius 1 is 0.758 bits per heavy atom. The van der Waals surface area contributed by atoms with Gasteiger partial charge in [0.25, 0.3) is 0 Å². The van der Waals surface area contributed by atoms with Gasteiger partial charge in [0, 0.05) is 5.02 Å². The third-order valence-corrected chi connectivity index (χ3v) is 11.3. The molecule has 0 nitrogen and oxygen atoms in total. The average molecular weight is 479 g/mol. The van der Waals surface area contributed by atoms with Crippen molar-refractivity contribution >= 4 is 20.0 Å². The molecular formula is C30H36ClFSi. The number of aryl methyl sites for hydroxylation is 2. The minimum atomic E-state index is -2.45. The van der Waals surface area contributed by atoms with Crippen LogP contribution in [0.4, 0.5) is 4.11 Å². The zero-order chi connectivity index (χ0) is 23.1.